The van der Waals surface area contributed by atoms with E-state index in [1.165, 1.54) is 10.9 Å². The first-order chi connectivity index (χ1) is 10.8. The van der Waals surface area contributed by atoms with Gasteiger partial charge in [0.1, 0.15) is 23.4 Å². The van der Waals surface area contributed by atoms with Crippen LogP contribution in [0.3, 0.4) is 0 Å². The minimum Gasteiger partial charge on any atom is -0.491 e. The zero-order chi connectivity index (χ0) is 17.0. The van der Waals surface area contributed by atoms with E-state index in [1.807, 2.05) is 19.1 Å². The van der Waals surface area contributed by atoms with Gasteiger partial charge in [0, 0.05) is 19.8 Å². The smallest absolute Gasteiger partial charge is 0.244 e. The standard InChI is InChI=1S/C15H21N3O4S/c1-11-4-6-14(7-5-11)22-10-13(19)8-16-23(20,21)15-9-18(3)17-12(15)2/h4-7,9,13,16,19H,8,10H2,1-3H3. The predicted octanol–water partition coefficient (Wildman–Crippen LogP) is 0.755. The summed E-state index contributed by atoms with van der Waals surface area (Å²) in [6, 6.07) is 7.39. The fourth-order valence-corrected chi connectivity index (χ4v) is 3.30. The molecule has 2 rings (SSSR count). The van der Waals surface area contributed by atoms with Crippen molar-refractivity contribution in [1.82, 2.24) is 14.5 Å². The number of nitrogens with one attached hydrogen (secondary N) is 1. The van der Waals surface area contributed by atoms with Gasteiger partial charge in [0.2, 0.25) is 10.0 Å². The molecule has 0 saturated heterocycles. The van der Waals surface area contributed by atoms with Gasteiger partial charge < -0.3 is 9.84 Å². The molecule has 0 aliphatic carbocycles. The zero-order valence-corrected chi connectivity index (χ0v) is 14.2. The SMILES string of the molecule is Cc1ccc(OCC(O)CNS(=O)(=O)c2cn(C)nc2C)cc1. The molecule has 23 heavy (non-hydrogen) atoms. The summed E-state index contributed by atoms with van der Waals surface area (Å²) in [5.41, 5.74) is 1.52. The number of benzene rings is 1. The van der Waals surface area contributed by atoms with E-state index in [2.05, 4.69) is 9.82 Å². The third kappa shape index (κ3) is 4.78. The van der Waals surface area contributed by atoms with Crippen molar-refractivity contribution in [3.8, 4) is 5.75 Å². The van der Waals surface area contributed by atoms with Crippen LogP contribution < -0.4 is 9.46 Å². The van der Waals surface area contributed by atoms with Crippen molar-refractivity contribution in [2.75, 3.05) is 13.2 Å². The van der Waals surface area contributed by atoms with Gasteiger partial charge in [0.05, 0.1) is 5.69 Å². The molecule has 8 heteroatoms. The maximum Gasteiger partial charge on any atom is 0.244 e. The normalized spacial score (nSPS) is 13.0. The Morgan fingerprint density at radius 2 is 1.96 bits per heavy atom. The molecule has 1 unspecified atom stereocenters. The third-order valence-corrected chi connectivity index (χ3v) is 4.76. The van der Waals surface area contributed by atoms with E-state index in [4.69, 9.17) is 4.74 Å². The van der Waals surface area contributed by atoms with Gasteiger partial charge in [-0.2, -0.15) is 5.10 Å². The van der Waals surface area contributed by atoms with Gasteiger partial charge in [0.15, 0.2) is 0 Å². The molecule has 0 spiro atoms. The van der Waals surface area contributed by atoms with E-state index in [9.17, 15) is 13.5 Å². The molecule has 0 bridgehead atoms. The van der Waals surface area contributed by atoms with Gasteiger partial charge in [0.25, 0.3) is 0 Å². The lowest BCUT2D eigenvalue weighted by molar-refractivity contribution is 0.111. The Bertz CT molecular complexity index is 754. The van der Waals surface area contributed by atoms with Crippen LogP contribution in [0.2, 0.25) is 0 Å². The minimum atomic E-state index is -3.70. The summed E-state index contributed by atoms with van der Waals surface area (Å²) in [7, 11) is -2.05. The van der Waals surface area contributed by atoms with E-state index in [-0.39, 0.29) is 18.0 Å². The van der Waals surface area contributed by atoms with E-state index in [0.717, 1.165) is 5.56 Å². The highest BCUT2D eigenvalue weighted by molar-refractivity contribution is 7.89. The number of aryl methyl sites for hydroxylation is 3. The Kier molecular flexibility index (Phi) is 5.40. The second-order valence-corrected chi connectivity index (χ2v) is 7.12. The Balaban J connectivity index is 1.87. The maximum atomic E-state index is 12.2. The van der Waals surface area contributed by atoms with Crippen molar-refractivity contribution in [1.29, 1.82) is 0 Å². The fourth-order valence-electron chi connectivity index (χ4n) is 2.01. The summed E-state index contributed by atoms with van der Waals surface area (Å²) >= 11 is 0. The maximum absolute atomic E-state index is 12.2. The first-order valence-electron chi connectivity index (χ1n) is 7.15. The van der Waals surface area contributed by atoms with E-state index >= 15 is 0 Å². The number of sulfonamides is 1. The number of rotatable bonds is 7. The van der Waals surface area contributed by atoms with Crippen molar-refractivity contribution in [3.05, 3.63) is 41.7 Å². The molecule has 0 fully saturated rings. The van der Waals surface area contributed by atoms with Gasteiger partial charge in [-0.1, -0.05) is 17.7 Å². The molecule has 0 saturated carbocycles. The van der Waals surface area contributed by atoms with Crippen LogP contribution in [0.25, 0.3) is 0 Å². The van der Waals surface area contributed by atoms with Crippen molar-refractivity contribution < 1.29 is 18.3 Å². The van der Waals surface area contributed by atoms with E-state index in [1.54, 1.807) is 26.1 Å². The molecule has 0 aliphatic heterocycles. The molecule has 1 aromatic carbocycles. The van der Waals surface area contributed by atoms with Gasteiger partial charge in [-0.3, -0.25) is 4.68 Å². The lowest BCUT2D eigenvalue weighted by atomic mass is 10.2. The highest BCUT2D eigenvalue weighted by atomic mass is 32.2. The number of ether oxygens (including phenoxy) is 1. The van der Waals surface area contributed by atoms with Crippen LogP contribution in [0.5, 0.6) is 5.75 Å². The Morgan fingerprint density at radius 1 is 1.30 bits per heavy atom. The summed E-state index contributed by atoms with van der Waals surface area (Å²) in [5.74, 6) is 0.626. The topological polar surface area (TPSA) is 93.5 Å². The number of hydrogen-bond donors (Lipinski definition) is 2. The predicted molar refractivity (Wildman–Crippen MR) is 85.8 cm³/mol. The van der Waals surface area contributed by atoms with Crippen LogP contribution in [0.1, 0.15) is 11.3 Å². The molecular weight excluding hydrogens is 318 g/mol. The summed E-state index contributed by atoms with van der Waals surface area (Å²) < 4.78 is 33.5. The van der Waals surface area contributed by atoms with Crippen molar-refractivity contribution in [2.45, 2.75) is 24.8 Å². The summed E-state index contributed by atoms with van der Waals surface area (Å²) in [5, 5.41) is 13.9. The quantitative estimate of drug-likeness (QED) is 0.777. The monoisotopic (exact) mass is 339 g/mol. The van der Waals surface area contributed by atoms with Crippen LogP contribution in [0.15, 0.2) is 35.4 Å². The second-order valence-electron chi connectivity index (χ2n) is 5.38. The van der Waals surface area contributed by atoms with Gasteiger partial charge in [-0.05, 0) is 26.0 Å². The average Bonchev–Trinajstić information content (AvgIpc) is 2.84. The number of aliphatic hydroxyl groups excluding tert-OH is 1. The fraction of sp³-hybridized carbons (Fsp3) is 0.400. The van der Waals surface area contributed by atoms with E-state index < -0.39 is 16.1 Å². The first kappa shape index (κ1) is 17.5. The van der Waals surface area contributed by atoms with Gasteiger partial charge in [-0.15, -0.1) is 0 Å². The zero-order valence-electron chi connectivity index (χ0n) is 13.4. The summed E-state index contributed by atoms with van der Waals surface area (Å²) in [6.45, 7) is 3.44. The Morgan fingerprint density at radius 3 is 2.52 bits per heavy atom. The Hall–Kier alpha value is -1.90. The molecule has 1 heterocycles. The second kappa shape index (κ2) is 7.12. The molecule has 0 radical (unpaired) electrons. The molecule has 2 aromatic rings. The van der Waals surface area contributed by atoms with Crippen molar-refractivity contribution in [3.63, 3.8) is 0 Å². The summed E-state index contributed by atoms with van der Waals surface area (Å²) in [6.07, 6.45) is 0.468. The van der Waals surface area contributed by atoms with Crippen LogP contribution in [-0.2, 0) is 17.1 Å². The van der Waals surface area contributed by atoms with Crippen molar-refractivity contribution >= 4 is 10.0 Å². The highest BCUT2D eigenvalue weighted by Gasteiger charge is 2.20. The van der Waals surface area contributed by atoms with Crippen LogP contribution in [0, 0.1) is 13.8 Å². The van der Waals surface area contributed by atoms with Crippen LogP contribution in [0.4, 0.5) is 0 Å². The number of hydrogen-bond acceptors (Lipinski definition) is 5. The summed E-state index contributed by atoms with van der Waals surface area (Å²) in [4.78, 5) is 0.103. The molecule has 1 atom stereocenters. The first-order valence-corrected chi connectivity index (χ1v) is 8.63. The highest BCUT2D eigenvalue weighted by Crippen LogP contribution is 2.13. The molecule has 0 amide bonds. The van der Waals surface area contributed by atoms with Crippen LogP contribution in [-0.4, -0.2) is 42.6 Å². The van der Waals surface area contributed by atoms with Gasteiger partial charge >= 0.3 is 0 Å². The van der Waals surface area contributed by atoms with Crippen molar-refractivity contribution in [2.24, 2.45) is 7.05 Å². The van der Waals surface area contributed by atoms with E-state index in [0.29, 0.717) is 11.4 Å². The molecule has 0 aliphatic rings. The number of aromatic nitrogens is 2. The molecule has 7 nitrogen and oxygen atoms in total. The van der Waals surface area contributed by atoms with Crippen LogP contribution >= 0.6 is 0 Å². The number of aliphatic hydroxyl groups is 1. The molecule has 1 aromatic heterocycles. The molecular formula is C15H21N3O4S. The van der Waals surface area contributed by atoms with Gasteiger partial charge in [-0.25, -0.2) is 13.1 Å². The largest absolute Gasteiger partial charge is 0.491 e. The Labute approximate surface area is 136 Å². The minimum absolute atomic E-state index is 0.00238. The third-order valence-electron chi connectivity index (χ3n) is 3.23. The average molecular weight is 339 g/mol. The molecule has 2 N–H and O–H groups in total. The molecule has 126 valence electrons. The lowest BCUT2D eigenvalue weighted by Gasteiger charge is -2.13. The lowest BCUT2D eigenvalue weighted by Crippen LogP contribution is -2.35. The number of nitrogens with zero attached hydrogens (tertiary/aromatic N) is 2.